The van der Waals surface area contributed by atoms with E-state index < -0.39 is 0 Å². The predicted octanol–water partition coefficient (Wildman–Crippen LogP) is 4.63. The molecule has 1 aromatic rings. The van der Waals surface area contributed by atoms with Crippen molar-refractivity contribution in [3.05, 3.63) is 42.6 Å². The van der Waals surface area contributed by atoms with E-state index in [1.54, 1.807) is 18.3 Å². The summed E-state index contributed by atoms with van der Waals surface area (Å²) in [7, 11) is 1.66. The molecule has 4 heteroatoms. The van der Waals surface area contributed by atoms with E-state index in [0.717, 1.165) is 31.6 Å². The Balaban J connectivity index is 2.34. The Bertz CT molecular complexity index is 446. The van der Waals surface area contributed by atoms with Gasteiger partial charge < -0.3 is 4.74 Å². The van der Waals surface area contributed by atoms with Gasteiger partial charge in [0.15, 0.2) is 0 Å². The zero-order valence-electron chi connectivity index (χ0n) is 13.7. The molecule has 0 fully saturated rings. The van der Waals surface area contributed by atoms with E-state index in [-0.39, 0.29) is 5.60 Å². The second kappa shape index (κ2) is 8.45. The zero-order chi connectivity index (χ0) is 15.7. The van der Waals surface area contributed by atoms with Crippen LogP contribution in [0.4, 0.5) is 0 Å². The van der Waals surface area contributed by atoms with E-state index in [1.807, 2.05) is 12.1 Å². The molecule has 0 amide bonds. The van der Waals surface area contributed by atoms with Crippen molar-refractivity contribution in [2.45, 2.75) is 45.6 Å². The van der Waals surface area contributed by atoms with Crippen molar-refractivity contribution in [2.24, 2.45) is 10.3 Å². The Morgan fingerprint density at radius 2 is 1.86 bits per heavy atom. The zero-order valence-corrected chi connectivity index (χ0v) is 13.7. The van der Waals surface area contributed by atoms with E-state index in [9.17, 15) is 0 Å². The lowest BCUT2D eigenvalue weighted by Crippen LogP contribution is -2.22. The highest BCUT2D eigenvalue weighted by molar-refractivity contribution is 5.27. The van der Waals surface area contributed by atoms with Gasteiger partial charge in [-0.15, -0.1) is 0 Å². The third kappa shape index (κ3) is 7.49. The van der Waals surface area contributed by atoms with E-state index >= 15 is 0 Å². The van der Waals surface area contributed by atoms with Crippen LogP contribution in [0.2, 0.25) is 0 Å². The van der Waals surface area contributed by atoms with Gasteiger partial charge in [-0.2, -0.15) is 5.11 Å². The van der Waals surface area contributed by atoms with Crippen LogP contribution in [-0.4, -0.2) is 24.2 Å². The molecule has 0 aliphatic rings. The fourth-order valence-corrected chi connectivity index (χ4v) is 1.97. The summed E-state index contributed by atoms with van der Waals surface area (Å²) < 4.78 is 5.81. The summed E-state index contributed by atoms with van der Waals surface area (Å²) in [5.74, 6) is 0.924. The Morgan fingerprint density at radius 3 is 2.38 bits per heavy atom. The van der Waals surface area contributed by atoms with Gasteiger partial charge in [0.1, 0.15) is 11.4 Å². The number of unbranched alkanes of at least 4 members (excludes halogenated alkanes) is 1. The van der Waals surface area contributed by atoms with Crippen molar-refractivity contribution in [3.8, 4) is 5.75 Å². The van der Waals surface area contributed by atoms with E-state index in [4.69, 9.17) is 4.74 Å². The van der Waals surface area contributed by atoms with E-state index in [2.05, 4.69) is 49.8 Å². The topological polar surface area (TPSA) is 37.2 Å². The molecule has 0 aliphatic heterocycles. The average molecular weight is 289 g/mol. The maximum atomic E-state index is 5.81. The van der Waals surface area contributed by atoms with Crippen molar-refractivity contribution in [1.29, 1.82) is 0 Å². The van der Waals surface area contributed by atoms with Crippen LogP contribution >= 0.6 is 0 Å². The molecule has 0 unspecified atom stereocenters. The highest BCUT2D eigenvalue weighted by Crippen LogP contribution is 2.19. The van der Waals surface area contributed by atoms with Gasteiger partial charge in [-0.05, 0) is 57.7 Å². The van der Waals surface area contributed by atoms with Crippen LogP contribution in [-0.2, 0) is 6.42 Å². The van der Waals surface area contributed by atoms with Crippen molar-refractivity contribution < 1.29 is 4.74 Å². The van der Waals surface area contributed by atoms with Crippen LogP contribution < -0.4 is 4.74 Å². The number of nitrogens with zero attached hydrogens (tertiary/aromatic N) is 3. The quantitative estimate of drug-likeness (QED) is 0.397. The van der Waals surface area contributed by atoms with Gasteiger partial charge in [-0.3, -0.25) is 5.01 Å². The Hall–Kier alpha value is -1.84. The average Bonchev–Trinajstić information content (AvgIpc) is 2.42. The molecule has 0 spiro atoms. The van der Waals surface area contributed by atoms with Gasteiger partial charge in [-0.25, -0.2) is 0 Å². The predicted molar refractivity (Wildman–Crippen MR) is 87.4 cm³/mol. The van der Waals surface area contributed by atoms with Crippen molar-refractivity contribution in [3.63, 3.8) is 0 Å². The molecule has 0 bridgehead atoms. The molecule has 0 heterocycles. The number of hydrogen-bond acceptors (Lipinski definition) is 3. The normalized spacial score (nSPS) is 11.6. The minimum Gasteiger partial charge on any atom is -0.488 e. The number of rotatable bonds is 8. The largest absolute Gasteiger partial charge is 0.488 e. The maximum Gasteiger partial charge on any atom is 0.120 e. The van der Waals surface area contributed by atoms with Crippen LogP contribution in [0.1, 0.15) is 39.2 Å². The standard InChI is InChI=1S/C17H27N3O/c1-6-20(19-18-5)14-8-7-9-15-10-12-16(13-11-15)21-17(2,3)4/h6,10-13H,1,7-9,14H2,2-5H3. The third-order valence-electron chi connectivity index (χ3n) is 2.87. The van der Waals surface area contributed by atoms with Crippen LogP contribution in [0.25, 0.3) is 0 Å². The summed E-state index contributed by atoms with van der Waals surface area (Å²) in [5, 5.41) is 9.47. The van der Waals surface area contributed by atoms with Crippen LogP contribution in [0, 0.1) is 0 Å². The Labute approximate surface area is 128 Å². The lowest BCUT2D eigenvalue weighted by molar-refractivity contribution is 0.131. The van der Waals surface area contributed by atoms with Crippen molar-refractivity contribution in [2.75, 3.05) is 13.6 Å². The Kier molecular flexibility index (Phi) is 6.92. The molecule has 0 saturated heterocycles. The van der Waals surface area contributed by atoms with Gasteiger partial charge in [0, 0.05) is 12.7 Å². The molecule has 21 heavy (non-hydrogen) atoms. The molecule has 0 N–H and O–H groups in total. The highest BCUT2D eigenvalue weighted by atomic mass is 16.5. The molecule has 0 saturated carbocycles. The summed E-state index contributed by atoms with van der Waals surface area (Å²) in [4.78, 5) is 0. The van der Waals surface area contributed by atoms with Gasteiger partial charge in [-0.1, -0.05) is 23.9 Å². The van der Waals surface area contributed by atoms with Gasteiger partial charge in [0.25, 0.3) is 0 Å². The van der Waals surface area contributed by atoms with Gasteiger partial charge in [0.2, 0.25) is 0 Å². The first-order valence-electron chi connectivity index (χ1n) is 7.41. The van der Waals surface area contributed by atoms with Crippen LogP contribution in [0.3, 0.4) is 0 Å². The monoisotopic (exact) mass is 289 g/mol. The molecular formula is C17H27N3O. The number of aryl methyl sites for hydroxylation is 1. The number of benzene rings is 1. The number of ether oxygens (including phenoxy) is 1. The van der Waals surface area contributed by atoms with Crippen molar-refractivity contribution in [1.82, 2.24) is 5.01 Å². The molecule has 0 aliphatic carbocycles. The molecule has 4 nitrogen and oxygen atoms in total. The third-order valence-corrected chi connectivity index (χ3v) is 2.87. The second-order valence-electron chi connectivity index (χ2n) is 5.95. The fraction of sp³-hybridized carbons (Fsp3) is 0.529. The second-order valence-corrected chi connectivity index (χ2v) is 5.95. The Morgan fingerprint density at radius 1 is 1.19 bits per heavy atom. The molecule has 0 radical (unpaired) electrons. The minimum atomic E-state index is -0.149. The van der Waals surface area contributed by atoms with E-state index in [0.29, 0.717) is 0 Å². The molecule has 0 atom stereocenters. The molecular weight excluding hydrogens is 262 g/mol. The summed E-state index contributed by atoms with van der Waals surface area (Å²) in [6, 6.07) is 8.36. The molecule has 1 aromatic carbocycles. The summed E-state index contributed by atoms with van der Waals surface area (Å²) >= 11 is 0. The van der Waals surface area contributed by atoms with Gasteiger partial charge >= 0.3 is 0 Å². The first-order valence-corrected chi connectivity index (χ1v) is 7.41. The van der Waals surface area contributed by atoms with Crippen LogP contribution in [0.15, 0.2) is 47.4 Å². The lowest BCUT2D eigenvalue weighted by atomic mass is 10.1. The van der Waals surface area contributed by atoms with Crippen molar-refractivity contribution >= 4 is 0 Å². The molecule has 116 valence electrons. The summed E-state index contributed by atoms with van der Waals surface area (Å²) in [6.45, 7) is 10.7. The summed E-state index contributed by atoms with van der Waals surface area (Å²) in [5.41, 5.74) is 1.18. The first-order chi connectivity index (χ1) is 9.94. The molecule has 0 aromatic heterocycles. The van der Waals surface area contributed by atoms with Gasteiger partial charge in [0.05, 0.1) is 7.05 Å². The number of hydrogen-bond donors (Lipinski definition) is 0. The SMILES string of the molecule is C=CN(CCCCc1ccc(OC(C)(C)C)cc1)N=NC. The minimum absolute atomic E-state index is 0.149. The molecule has 1 rings (SSSR count). The smallest absolute Gasteiger partial charge is 0.120 e. The highest BCUT2D eigenvalue weighted by Gasteiger charge is 2.11. The van der Waals surface area contributed by atoms with Crippen LogP contribution in [0.5, 0.6) is 5.75 Å². The lowest BCUT2D eigenvalue weighted by Gasteiger charge is -2.21. The maximum absolute atomic E-state index is 5.81. The summed E-state index contributed by atoms with van der Waals surface area (Å²) in [6.07, 6.45) is 4.93. The fourth-order valence-electron chi connectivity index (χ4n) is 1.97. The van der Waals surface area contributed by atoms with E-state index in [1.165, 1.54) is 5.56 Å². The first kappa shape index (κ1) is 17.2.